The van der Waals surface area contributed by atoms with Gasteiger partial charge in [-0.25, -0.2) is 4.79 Å². The van der Waals surface area contributed by atoms with Crippen LogP contribution in [0, 0.1) is 0 Å². The Hall–Kier alpha value is -1.54. The van der Waals surface area contributed by atoms with E-state index in [4.69, 9.17) is 16.3 Å². The summed E-state index contributed by atoms with van der Waals surface area (Å²) in [4.78, 5) is 11.3. The maximum atomic E-state index is 11.3. The highest BCUT2D eigenvalue weighted by atomic mass is 35.5. The van der Waals surface area contributed by atoms with Crippen LogP contribution in [-0.2, 0) is 16.0 Å². The van der Waals surface area contributed by atoms with E-state index in [9.17, 15) is 4.79 Å². The summed E-state index contributed by atoms with van der Waals surface area (Å²) in [6, 6.07) is 8.09. The molecule has 0 radical (unpaired) electrons. The highest BCUT2D eigenvalue weighted by Crippen LogP contribution is 2.30. The van der Waals surface area contributed by atoms with Crippen molar-refractivity contribution >= 4 is 23.6 Å². The fourth-order valence-electron chi connectivity index (χ4n) is 1.81. The van der Waals surface area contributed by atoms with Crippen LogP contribution in [0.1, 0.15) is 18.1 Å². The Bertz CT molecular complexity index is 501. The number of allylic oxidation sites excluding steroid dienone is 2. The molecule has 0 amide bonds. The molecule has 2 rings (SSSR count). The summed E-state index contributed by atoms with van der Waals surface area (Å²) in [7, 11) is 0. The summed E-state index contributed by atoms with van der Waals surface area (Å²) in [5.74, 6) is -0.394. The molecule has 0 unspecified atom stereocenters. The predicted molar refractivity (Wildman–Crippen MR) is 68.7 cm³/mol. The standard InChI is InChI=1S/C14H13ClO2/c1-2-17-14(16)9-13(15)12-7-10-5-3-4-6-11(10)8-12/h3-7,9H,2,8H2,1H3/b13-9-. The fraction of sp³-hybridized carbons (Fsp3) is 0.214. The molecule has 0 spiro atoms. The van der Waals surface area contributed by atoms with Crippen LogP contribution in [0.3, 0.4) is 0 Å². The lowest BCUT2D eigenvalue weighted by atomic mass is 10.1. The van der Waals surface area contributed by atoms with Crippen LogP contribution < -0.4 is 0 Å². The van der Waals surface area contributed by atoms with Crippen molar-refractivity contribution < 1.29 is 9.53 Å². The van der Waals surface area contributed by atoms with Gasteiger partial charge in [0.15, 0.2) is 0 Å². The predicted octanol–water partition coefficient (Wildman–Crippen LogP) is 3.31. The second kappa shape index (κ2) is 5.19. The molecule has 0 saturated carbocycles. The molecule has 0 heterocycles. The highest BCUT2D eigenvalue weighted by molar-refractivity contribution is 6.33. The number of hydrogen-bond donors (Lipinski definition) is 0. The Labute approximate surface area is 106 Å². The van der Waals surface area contributed by atoms with Crippen molar-refractivity contribution in [1.82, 2.24) is 0 Å². The summed E-state index contributed by atoms with van der Waals surface area (Å²) in [5, 5.41) is 0.458. The molecule has 1 aliphatic carbocycles. The lowest BCUT2D eigenvalue weighted by Crippen LogP contribution is -2.00. The molecule has 0 saturated heterocycles. The molecule has 0 aromatic heterocycles. The Morgan fingerprint density at radius 3 is 2.94 bits per heavy atom. The molecule has 1 aromatic rings. The lowest BCUT2D eigenvalue weighted by molar-refractivity contribution is -0.137. The molecule has 2 nitrogen and oxygen atoms in total. The summed E-state index contributed by atoms with van der Waals surface area (Å²) in [5.41, 5.74) is 3.36. The first kappa shape index (κ1) is 11.9. The molecule has 88 valence electrons. The van der Waals surface area contributed by atoms with Gasteiger partial charge in [0.25, 0.3) is 0 Å². The topological polar surface area (TPSA) is 26.3 Å². The van der Waals surface area contributed by atoms with E-state index >= 15 is 0 Å². The van der Waals surface area contributed by atoms with E-state index in [1.807, 2.05) is 24.3 Å². The lowest BCUT2D eigenvalue weighted by Gasteiger charge is -2.00. The Kier molecular flexibility index (Phi) is 3.64. The van der Waals surface area contributed by atoms with Crippen LogP contribution in [0.2, 0.25) is 0 Å². The molecule has 0 atom stereocenters. The van der Waals surface area contributed by atoms with Gasteiger partial charge in [-0.3, -0.25) is 0 Å². The van der Waals surface area contributed by atoms with E-state index in [2.05, 4.69) is 6.07 Å². The van der Waals surface area contributed by atoms with E-state index in [0.29, 0.717) is 11.6 Å². The van der Waals surface area contributed by atoms with Crippen molar-refractivity contribution in [1.29, 1.82) is 0 Å². The van der Waals surface area contributed by atoms with Crippen LogP contribution in [0.25, 0.3) is 6.08 Å². The van der Waals surface area contributed by atoms with Gasteiger partial charge < -0.3 is 4.74 Å². The number of rotatable bonds is 3. The molecule has 1 aromatic carbocycles. The Balaban J connectivity index is 2.14. The van der Waals surface area contributed by atoms with Crippen LogP contribution in [0.4, 0.5) is 0 Å². The van der Waals surface area contributed by atoms with E-state index < -0.39 is 5.97 Å². The van der Waals surface area contributed by atoms with Gasteiger partial charge >= 0.3 is 5.97 Å². The van der Waals surface area contributed by atoms with Gasteiger partial charge in [0.1, 0.15) is 0 Å². The minimum atomic E-state index is -0.394. The Morgan fingerprint density at radius 2 is 2.24 bits per heavy atom. The average molecular weight is 249 g/mol. The van der Waals surface area contributed by atoms with Gasteiger partial charge in [-0.15, -0.1) is 0 Å². The number of carbonyl (C=O) groups is 1. The van der Waals surface area contributed by atoms with Crippen molar-refractivity contribution in [2.75, 3.05) is 6.61 Å². The number of fused-ring (bicyclic) bond motifs is 1. The van der Waals surface area contributed by atoms with E-state index in [1.54, 1.807) is 6.92 Å². The minimum absolute atomic E-state index is 0.360. The van der Waals surface area contributed by atoms with Gasteiger partial charge in [-0.2, -0.15) is 0 Å². The van der Waals surface area contributed by atoms with Crippen molar-refractivity contribution in [3.8, 4) is 0 Å². The highest BCUT2D eigenvalue weighted by Gasteiger charge is 2.15. The maximum absolute atomic E-state index is 11.3. The first-order valence-electron chi connectivity index (χ1n) is 5.53. The smallest absolute Gasteiger partial charge is 0.332 e. The van der Waals surface area contributed by atoms with Crippen molar-refractivity contribution in [3.63, 3.8) is 0 Å². The molecule has 3 heteroatoms. The fourth-order valence-corrected chi connectivity index (χ4v) is 2.02. The van der Waals surface area contributed by atoms with E-state index in [0.717, 1.165) is 17.6 Å². The number of carbonyl (C=O) groups excluding carboxylic acids is 1. The second-order valence-electron chi connectivity index (χ2n) is 3.79. The van der Waals surface area contributed by atoms with Gasteiger partial charge in [-0.1, -0.05) is 35.9 Å². The summed E-state index contributed by atoms with van der Waals surface area (Å²) in [6.07, 6.45) is 4.11. The minimum Gasteiger partial charge on any atom is -0.463 e. The quantitative estimate of drug-likeness (QED) is 0.606. The molecule has 0 N–H and O–H groups in total. The van der Waals surface area contributed by atoms with Crippen molar-refractivity contribution in [3.05, 3.63) is 52.1 Å². The van der Waals surface area contributed by atoms with Gasteiger partial charge in [0.05, 0.1) is 11.6 Å². The first-order chi connectivity index (χ1) is 8.20. The molecule has 0 aliphatic heterocycles. The molecule has 0 fully saturated rings. The third-order valence-electron chi connectivity index (χ3n) is 2.60. The zero-order valence-corrected chi connectivity index (χ0v) is 10.3. The van der Waals surface area contributed by atoms with Gasteiger partial charge in [-0.05, 0) is 36.1 Å². The van der Waals surface area contributed by atoms with Gasteiger partial charge in [0.2, 0.25) is 0 Å². The molecular formula is C14H13ClO2. The summed E-state index contributed by atoms with van der Waals surface area (Å²) >= 11 is 6.10. The Morgan fingerprint density at radius 1 is 1.47 bits per heavy atom. The maximum Gasteiger partial charge on any atom is 0.332 e. The summed E-state index contributed by atoms with van der Waals surface area (Å²) < 4.78 is 4.82. The molecule has 17 heavy (non-hydrogen) atoms. The number of ether oxygens (including phenoxy) is 1. The molecule has 0 bridgehead atoms. The second-order valence-corrected chi connectivity index (χ2v) is 4.20. The third-order valence-corrected chi connectivity index (χ3v) is 2.96. The van der Waals surface area contributed by atoms with E-state index in [-0.39, 0.29) is 0 Å². The normalized spacial score (nSPS) is 14.2. The van der Waals surface area contributed by atoms with E-state index in [1.165, 1.54) is 11.6 Å². The summed E-state index contributed by atoms with van der Waals surface area (Å²) in [6.45, 7) is 2.13. The number of halogens is 1. The zero-order valence-electron chi connectivity index (χ0n) is 9.57. The largest absolute Gasteiger partial charge is 0.463 e. The van der Waals surface area contributed by atoms with Gasteiger partial charge in [0, 0.05) is 6.08 Å². The first-order valence-corrected chi connectivity index (χ1v) is 5.91. The van der Waals surface area contributed by atoms with Crippen molar-refractivity contribution in [2.45, 2.75) is 13.3 Å². The number of benzene rings is 1. The third kappa shape index (κ3) is 2.77. The number of hydrogen-bond acceptors (Lipinski definition) is 2. The van der Waals surface area contributed by atoms with Crippen LogP contribution in [-0.4, -0.2) is 12.6 Å². The molecular weight excluding hydrogens is 236 g/mol. The number of esters is 1. The van der Waals surface area contributed by atoms with Crippen LogP contribution in [0.15, 0.2) is 40.9 Å². The average Bonchev–Trinajstić information content (AvgIpc) is 2.72. The monoisotopic (exact) mass is 248 g/mol. The van der Waals surface area contributed by atoms with Crippen LogP contribution >= 0.6 is 11.6 Å². The molecule has 1 aliphatic rings. The zero-order chi connectivity index (χ0) is 12.3. The van der Waals surface area contributed by atoms with Crippen LogP contribution in [0.5, 0.6) is 0 Å². The SMILES string of the molecule is CCOC(=O)/C=C(\Cl)C1=Cc2ccccc2C1. The van der Waals surface area contributed by atoms with Crippen molar-refractivity contribution in [2.24, 2.45) is 0 Å².